The normalized spacial score (nSPS) is 11.8. The van der Waals surface area contributed by atoms with Crippen molar-refractivity contribution < 1.29 is 4.79 Å². The Hall–Kier alpha value is -3.16. The Labute approximate surface area is 189 Å². The van der Waals surface area contributed by atoms with Crippen molar-refractivity contribution in [2.24, 2.45) is 0 Å². The molecule has 8 heteroatoms. The van der Waals surface area contributed by atoms with Crippen molar-refractivity contribution in [3.63, 3.8) is 0 Å². The molecule has 0 spiro atoms. The molecule has 0 saturated carbocycles. The average Bonchev–Trinajstić information content (AvgIpc) is 3.20. The molecule has 156 valence electrons. The molecule has 0 aliphatic heterocycles. The summed E-state index contributed by atoms with van der Waals surface area (Å²) < 4.78 is 1.94. The van der Waals surface area contributed by atoms with Gasteiger partial charge in [-0.2, -0.15) is 0 Å². The fourth-order valence-corrected chi connectivity index (χ4v) is 4.10. The van der Waals surface area contributed by atoms with E-state index in [-0.39, 0.29) is 5.91 Å². The quantitative estimate of drug-likeness (QED) is 0.398. The zero-order valence-electron chi connectivity index (χ0n) is 17.0. The molecular formula is C23H20ClN5OS. The minimum absolute atomic E-state index is 0.112. The summed E-state index contributed by atoms with van der Waals surface area (Å²) in [5.74, 6) is 0.546. The first-order chi connectivity index (χ1) is 15.0. The summed E-state index contributed by atoms with van der Waals surface area (Å²) in [5, 5.41) is 12.6. The Morgan fingerprint density at radius 3 is 2.52 bits per heavy atom. The van der Waals surface area contributed by atoms with Gasteiger partial charge in [-0.3, -0.25) is 14.3 Å². The number of rotatable bonds is 6. The minimum Gasteiger partial charge on any atom is -0.325 e. The maximum absolute atomic E-state index is 12.7. The molecule has 0 saturated heterocycles. The lowest BCUT2D eigenvalue weighted by Crippen LogP contribution is -2.22. The second-order valence-corrected chi connectivity index (χ2v) is 8.59. The van der Waals surface area contributed by atoms with Crippen molar-refractivity contribution in [2.75, 3.05) is 5.32 Å². The van der Waals surface area contributed by atoms with Crippen LogP contribution in [0.25, 0.3) is 17.1 Å². The maximum atomic E-state index is 12.7. The van der Waals surface area contributed by atoms with Gasteiger partial charge in [0.1, 0.15) is 0 Å². The van der Waals surface area contributed by atoms with Crippen LogP contribution in [0.5, 0.6) is 0 Å². The topological polar surface area (TPSA) is 72.7 Å². The van der Waals surface area contributed by atoms with Crippen LogP contribution in [0.2, 0.25) is 5.02 Å². The van der Waals surface area contributed by atoms with E-state index in [1.165, 1.54) is 11.8 Å². The van der Waals surface area contributed by atoms with Crippen LogP contribution in [-0.2, 0) is 4.79 Å². The van der Waals surface area contributed by atoms with Crippen molar-refractivity contribution in [1.82, 2.24) is 19.7 Å². The predicted molar refractivity (Wildman–Crippen MR) is 125 cm³/mol. The van der Waals surface area contributed by atoms with E-state index in [4.69, 9.17) is 11.6 Å². The molecule has 4 rings (SSSR count). The molecule has 1 atom stereocenters. The van der Waals surface area contributed by atoms with Crippen molar-refractivity contribution in [3.05, 3.63) is 83.6 Å². The lowest BCUT2D eigenvalue weighted by molar-refractivity contribution is -0.115. The number of pyridine rings is 1. The Balaban J connectivity index is 1.70. The molecule has 6 nitrogen and oxygen atoms in total. The highest BCUT2D eigenvalue weighted by Crippen LogP contribution is 2.33. The summed E-state index contributed by atoms with van der Waals surface area (Å²) in [6, 6.07) is 18.8. The second kappa shape index (κ2) is 9.32. The molecule has 4 aromatic rings. The van der Waals surface area contributed by atoms with E-state index in [9.17, 15) is 4.79 Å². The number of anilines is 1. The number of benzene rings is 2. The van der Waals surface area contributed by atoms with Crippen LogP contribution < -0.4 is 5.32 Å². The zero-order valence-corrected chi connectivity index (χ0v) is 18.6. The van der Waals surface area contributed by atoms with Gasteiger partial charge in [-0.1, -0.05) is 47.6 Å². The molecule has 0 aliphatic carbocycles. The third kappa shape index (κ3) is 4.62. The van der Waals surface area contributed by atoms with Crippen LogP contribution >= 0.6 is 23.4 Å². The molecule has 0 bridgehead atoms. The van der Waals surface area contributed by atoms with Gasteiger partial charge < -0.3 is 5.32 Å². The molecule has 2 aromatic carbocycles. The van der Waals surface area contributed by atoms with Crippen LogP contribution in [0.1, 0.15) is 12.5 Å². The van der Waals surface area contributed by atoms with E-state index in [2.05, 4.69) is 20.5 Å². The monoisotopic (exact) mass is 449 g/mol. The lowest BCUT2D eigenvalue weighted by Gasteiger charge is -2.16. The highest BCUT2D eigenvalue weighted by atomic mass is 35.5. The number of hydrogen-bond acceptors (Lipinski definition) is 5. The largest absolute Gasteiger partial charge is 0.325 e. The number of nitrogens with zero attached hydrogens (tertiary/aromatic N) is 4. The zero-order chi connectivity index (χ0) is 21.8. The Bertz CT molecular complexity index is 1200. The van der Waals surface area contributed by atoms with Gasteiger partial charge in [-0.15, -0.1) is 10.2 Å². The van der Waals surface area contributed by atoms with Crippen molar-refractivity contribution >= 4 is 35.0 Å². The number of halogens is 1. The van der Waals surface area contributed by atoms with Gasteiger partial charge in [-0.25, -0.2) is 0 Å². The minimum atomic E-state index is -0.395. The maximum Gasteiger partial charge on any atom is 0.237 e. The SMILES string of the molecule is Cc1c(Cl)cccc1-n1c(SC(C)C(=O)Nc2ccccc2)nnc1-c1ccncc1. The Morgan fingerprint density at radius 2 is 1.77 bits per heavy atom. The van der Waals surface area contributed by atoms with E-state index >= 15 is 0 Å². The van der Waals surface area contributed by atoms with Gasteiger partial charge in [-0.05, 0) is 55.8 Å². The molecule has 1 N–H and O–H groups in total. The predicted octanol–water partition coefficient (Wildman–Crippen LogP) is 5.41. The molecular weight excluding hydrogens is 430 g/mol. The van der Waals surface area contributed by atoms with Gasteiger partial charge in [0.05, 0.1) is 10.9 Å². The van der Waals surface area contributed by atoms with Gasteiger partial charge in [0.2, 0.25) is 5.91 Å². The molecule has 0 aliphatic rings. The summed E-state index contributed by atoms with van der Waals surface area (Å²) in [6.07, 6.45) is 3.42. The third-order valence-electron chi connectivity index (χ3n) is 4.74. The highest BCUT2D eigenvalue weighted by Gasteiger charge is 2.23. The fraction of sp³-hybridized carbons (Fsp3) is 0.130. The molecule has 0 radical (unpaired) electrons. The smallest absolute Gasteiger partial charge is 0.237 e. The number of aromatic nitrogens is 4. The number of carbonyl (C=O) groups is 1. The molecule has 2 aromatic heterocycles. The number of carbonyl (C=O) groups excluding carboxylic acids is 1. The van der Waals surface area contributed by atoms with Crippen molar-refractivity contribution in [2.45, 2.75) is 24.3 Å². The Kier molecular flexibility index (Phi) is 6.34. The van der Waals surface area contributed by atoms with Crippen LogP contribution in [0.3, 0.4) is 0 Å². The number of nitrogens with one attached hydrogen (secondary N) is 1. The van der Waals surface area contributed by atoms with Crippen LogP contribution in [0.15, 0.2) is 78.2 Å². The standard InChI is InChI=1S/C23H20ClN5OS/c1-15-19(24)9-6-10-20(15)29-21(17-11-13-25-14-12-17)27-28-23(29)31-16(2)22(30)26-18-7-4-3-5-8-18/h3-14,16H,1-2H3,(H,26,30). The van der Waals surface area contributed by atoms with Gasteiger partial charge in [0.15, 0.2) is 11.0 Å². The molecule has 1 unspecified atom stereocenters. The number of hydrogen-bond donors (Lipinski definition) is 1. The van der Waals surface area contributed by atoms with E-state index in [0.29, 0.717) is 16.0 Å². The summed E-state index contributed by atoms with van der Waals surface area (Å²) in [5.41, 5.74) is 3.39. The highest BCUT2D eigenvalue weighted by molar-refractivity contribution is 8.00. The molecule has 31 heavy (non-hydrogen) atoms. The summed E-state index contributed by atoms with van der Waals surface area (Å²) in [7, 11) is 0. The van der Waals surface area contributed by atoms with Gasteiger partial charge >= 0.3 is 0 Å². The van der Waals surface area contributed by atoms with Crippen molar-refractivity contribution in [3.8, 4) is 17.1 Å². The summed E-state index contributed by atoms with van der Waals surface area (Å²) >= 11 is 7.73. The fourth-order valence-electron chi connectivity index (χ4n) is 3.07. The molecule has 0 fully saturated rings. The third-order valence-corrected chi connectivity index (χ3v) is 6.20. The van der Waals surface area contributed by atoms with E-state index in [1.807, 2.05) is 79.1 Å². The first-order valence-corrected chi connectivity index (χ1v) is 10.9. The molecule has 2 heterocycles. The van der Waals surface area contributed by atoms with Gasteiger partial charge in [0.25, 0.3) is 0 Å². The second-order valence-electron chi connectivity index (χ2n) is 6.88. The van der Waals surface area contributed by atoms with Gasteiger partial charge in [0, 0.05) is 28.7 Å². The van der Waals surface area contributed by atoms with Crippen LogP contribution in [-0.4, -0.2) is 30.9 Å². The van der Waals surface area contributed by atoms with Crippen LogP contribution in [0, 0.1) is 6.92 Å². The van der Waals surface area contributed by atoms with Crippen molar-refractivity contribution in [1.29, 1.82) is 0 Å². The number of amides is 1. The Morgan fingerprint density at radius 1 is 1.03 bits per heavy atom. The van der Waals surface area contributed by atoms with E-state index < -0.39 is 5.25 Å². The number of thioether (sulfide) groups is 1. The molecule has 1 amide bonds. The first kappa shape index (κ1) is 21.1. The summed E-state index contributed by atoms with van der Waals surface area (Å²) in [6.45, 7) is 3.80. The summed E-state index contributed by atoms with van der Waals surface area (Å²) in [4.78, 5) is 16.8. The average molecular weight is 450 g/mol. The van der Waals surface area contributed by atoms with E-state index in [0.717, 1.165) is 22.5 Å². The first-order valence-electron chi connectivity index (χ1n) is 9.68. The lowest BCUT2D eigenvalue weighted by atomic mass is 10.2. The van der Waals surface area contributed by atoms with Crippen LogP contribution in [0.4, 0.5) is 5.69 Å². The van der Waals surface area contributed by atoms with E-state index in [1.54, 1.807) is 12.4 Å². The number of para-hydroxylation sites is 1.